The van der Waals surface area contributed by atoms with E-state index >= 15 is 0 Å². The Hall–Kier alpha value is -3.00. The Bertz CT molecular complexity index is 841. The Morgan fingerprint density at radius 1 is 1.11 bits per heavy atom. The molecule has 0 fully saturated rings. The van der Waals surface area contributed by atoms with Crippen LogP contribution in [-0.4, -0.2) is 29.4 Å². The van der Waals surface area contributed by atoms with E-state index in [-0.39, 0.29) is 24.8 Å². The fourth-order valence-corrected chi connectivity index (χ4v) is 2.50. The van der Waals surface area contributed by atoms with Crippen LogP contribution < -0.4 is 5.32 Å². The fourth-order valence-electron chi connectivity index (χ4n) is 2.50. The van der Waals surface area contributed by atoms with E-state index in [0.717, 1.165) is 12.1 Å². The topological polar surface area (TPSA) is 84.9 Å². The van der Waals surface area contributed by atoms with Crippen molar-refractivity contribution in [2.75, 3.05) is 5.32 Å². The first kappa shape index (κ1) is 21.3. The molecule has 28 heavy (non-hydrogen) atoms. The second kappa shape index (κ2) is 9.80. The van der Waals surface area contributed by atoms with Crippen molar-refractivity contribution in [3.05, 3.63) is 65.2 Å². The number of carboxylic acids is 1. The Kier molecular flexibility index (Phi) is 7.45. The molecule has 0 aromatic heterocycles. The maximum atomic E-state index is 13.6. The van der Waals surface area contributed by atoms with Crippen LogP contribution in [0.1, 0.15) is 25.0 Å². The Balaban J connectivity index is 2.02. The zero-order valence-corrected chi connectivity index (χ0v) is 15.4. The van der Waals surface area contributed by atoms with Crippen molar-refractivity contribution in [3.63, 3.8) is 0 Å². The summed E-state index contributed by atoms with van der Waals surface area (Å²) in [4.78, 5) is 23.3. The van der Waals surface area contributed by atoms with Gasteiger partial charge in [-0.1, -0.05) is 24.3 Å². The maximum absolute atomic E-state index is 13.6. The molecule has 0 saturated heterocycles. The van der Waals surface area contributed by atoms with Gasteiger partial charge in [0.25, 0.3) is 0 Å². The normalized spacial score (nSPS) is 11.9. The number of hydrogen-bond acceptors (Lipinski definition) is 4. The molecular weight excluding hydrogens is 372 g/mol. The highest BCUT2D eigenvalue weighted by molar-refractivity contribution is 5.84. The van der Waals surface area contributed by atoms with Crippen molar-refractivity contribution >= 4 is 17.7 Å². The Labute approximate surface area is 161 Å². The number of aliphatic carboxylic acids is 1. The van der Waals surface area contributed by atoms with Gasteiger partial charge in [-0.15, -0.1) is 0 Å². The number of carbonyl (C=O) groups is 2. The number of hydrogen-bond donors (Lipinski definition) is 2. The van der Waals surface area contributed by atoms with Crippen LogP contribution in [0.15, 0.2) is 42.5 Å². The summed E-state index contributed by atoms with van der Waals surface area (Å²) >= 11 is 0. The van der Waals surface area contributed by atoms with E-state index in [1.807, 2.05) is 0 Å². The molecule has 0 heterocycles. The van der Waals surface area contributed by atoms with Gasteiger partial charge in [0.1, 0.15) is 18.2 Å². The molecule has 0 aliphatic carbocycles. The first-order chi connectivity index (χ1) is 13.3. The number of halogens is 2. The largest absolute Gasteiger partial charge is 0.479 e. The van der Waals surface area contributed by atoms with Crippen LogP contribution in [0.25, 0.3) is 0 Å². The van der Waals surface area contributed by atoms with Crippen LogP contribution in [0, 0.1) is 11.6 Å². The van der Waals surface area contributed by atoms with Crippen LogP contribution in [0.3, 0.4) is 0 Å². The molecule has 1 unspecified atom stereocenters. The minimum atomic E-state index is -1.09. The number of ether oxygens (including phenoxy) is 2. The van der Waals surface area contributed by atoms with Gasteiger partial charge in [0.2, 0.25) is 0 Å². The van der Waals surface area contributed by atoms with Crippen molar-refractivity contribution in [2.45, 2.75) is 39.1 Å². The van der Waals surface area contributed by atoms with Gasteiger partial charge in [-0.3, -0.25) is 5.32 Å². The van der Waals surface area contributed by atoms with Gasteiger partial charge in [-0.25, -0.2) is 18.4 Å². The quantitative estimate of drug-likeness (QED) is 0.704. The molecule has 6 nitrogen and oxygen atoms in total. The lowest BCUT2D eigenvalue weighted by molar-refractivity contribution is -0.153. The fraction of sp³-hybridized carbons (Fsp3) is 0.300. The molecule has 0 bridgehead atoms. The monoisotopic (exact) mass is 393 g/mol. The minimum absolute atomic E-state index is 0.0985. The number of carboxylic acid groups (broad SMARTS) is 1. The van der Waals surface area contributed by atoms with Gasteiger partial charge in [0.05, 0.1) is 11.8 Å². The van der Waals surface area contributed by atoms with E-state index in [4.69, 9.17) is 9.47 Å². The van der Waals surface area contributed by atoms with E-state index in [1.54, 1.807) is 38.1 Å². The molecule has 0 radical (unpaired) electrons. The van der Waals surface area contributed by atoms with E-state index in [1.165, 1.54) is 0 Å². The van der Waals surface area contributed by atoms with E-state index in [0.29, 0.717) is 17.2 Å². The number of nitrogens with one attached hydrogen (secondary N) is 1. The second-order valence-electron chi connectivity index (χ2n) is 6.31. The molecule has 0 aliphatic heterocycles. The van der Waals surface area contributed by atoms with Crippen LogP contribution in [0.2, 0.25) is 0 Å². The van der Waals surface area contributed by atoms with E-state index < -0.39 is 29.8 Å². The van der Waals surface area contributed by atoms with Crippen LogP contribution in [0.4, 0.5) is 19.3 Å². The third-order valence-electron chi connectivity index (χ3n) is 3.76. The predicted molar refractivity (Wildman–Crippen MR) is 98.0 cm³/mol. The van der Waals surface area contributed by atoms with Crippen molar-refractivity contribution in [1.29, 1.82) is 0 Å². The van der Waals surface area contributed by atoms with Gasteiger partial charge >= 0.3 is 12.1 Å². The number of benzene rings is 2. The average Bonchev–Trinajstić information content (AvgIpc) is 2.62. The van der Waals surface area contributed by atoms with Gasteiger partial charge in [-0.2, -0.15) is 0 Å². The van der Waals surface area contributed by atoms with Crippen LogP contribution in [0.5, 0.6) is 0 Å². The standard InChI is InChI=1S/C20H21F2NO5/c1-12(2)28-18(19(24)25)9-13-5-3-4-6-14(13)11-27-20(26)23-17-8-7-15(21)10-16(17)22/h3-8,10,12,18H,9,11H2,1-2H3,(H,23,26)(H,24,25). The predicted octanol–water partition coefficient (Wildman–Crippen LogP) is 4.13. The molecule has 2 rings (SSSR count). The Morgan fingerprint density at radius 3 is 2.39 bits per heavy atom. The minimum Gasteiger partial charge on any atom is -0.479 e. The molecule has 2 aromatic carbocycles. The molecule has 0 spiro atoms. The molecule has 1 amide bonds. The highest BCUT2D eigenvalue weighted by Gasteiger charge is 2.21. The molecule has 150 valence electrons. The summed E-state index contributed by atoms with van der Waals surface area (Å²) in [7, 11) is 0. The summed E-state index contributed by atoms with van der Waals surface area (Å²) in [6, 6.07) is 9.60. The van der Waals surface area contributed by atoms with Crippen molar-refractivity contribution in [2.24, 2.45) is 0 Å². The number of rotatable bonds is 8. The summed E-state index contributed by atoms with van der Waals surface area (Å²) in [6.07, 6.45) is -2.13. The summed E-state index contributed by atoms with van der Waals surface area (Å²) < 4.78 is 37.0. The van der Waals surface area contributed by atoms with Crippen LogP contribution >= 0.6 is 0 Å². The summed E-state index contributed by atoms with van der Waals surface area (Å²) in [6.45, 7) is 3.33. The summed E-state index contributed by atoms with van der Waals surface area (Å²) in [5.41, 5.74) is 1.03. The lowest BCUT2D eigenvalue weighted by atomic mass is 10.0. The summed E-state index contributed by atoms with van der Waals surface area (Å²) in [5, 5.41) is 11.5. The highest BCUT2D eigenvalue weighted by Crippen LogP contribution is 2.17. The number of carbonyl (C=O) groups excluding carboxylic acids is 1. The second-order valence-corrected chi connectivity index (χ2v) is 6.31. The van der Waals surface area contributed by atoms with Gasteiger partial charge < -0.3 is 14.6 Å². The molecule has 2 N–H and O–H groups in total. The zero-order chi connectivity index (χ0) is 20.7. The molecular formula is C20H21F2NO5. The van der Waals surface area contributed by atoms with Crippen LogP contribution in [-0.2, 0) is 27.3 Å². The average molecular weight is 393 g/mol. The van der Waals surface area contributed by atoms with Gasteiger partial charge in [-0.05, 0) is 37.1 Å². The maximum Gasteiger partial charge on any atom is 0.412 e. The SMILES string of the molecule is CC(C)OC(Cc1ccccc1COC(=O)Nc1ccc(F)cc1F)C(=O)O. The molecule has 2 aromatic rings. The molecule has 0 aliphatic rings. The van der Waals surface area contributed by atoms with Crippen molar-refractivity contribution in [1.82, 2.24) is 0 Å². The first-order valence-electron chi connectivity index (χ1n) is 8.60. The first-order valence-corrected chi connectivity index (χ1v) is 8.60. The van der Waals surface area contributed by atoms with E-state index in [2.05, 4.69) is 5.32 Å². The molecule has 0 saturated carbocycles. The highest BCUT2D eigenvalue weighted by atomic mass is 19.1. The third kappa shape index (κ3) is 6.31. The molecule has 8 heteroatoms. The summed E-state index contributed by atoms with van der Waals surface area (Å²) in [5.74, 6) is -2.77. The number of anilines is 1. The molecule has 1 atom stereocenters. The lowest BCUT2D eigenvalue weighted by Crippen LogP contribution is -2.29. The lowest BCUT2D eigenvalue weighted by Gasteiger charge is -2.18. The van der Waals surface area contributed by atoms with Crippen molar-refractivity contribution in [3.8, 4) is 0 Å². The van der Waals surface area contributed by atoms with Gasteiger partial charge in [0.15, 0.2) is 6.10 Å². The third-order valence-corrected chi connectivity index (χ3v) is 3.76. The zero-order valence-electron chi connectivity index (χ0n) is 15.4. The van der Waals surface area contributed by atoms with E-state index in [9.17, 15) is 23.5 Å². The van der Waals surface area contributed by atoms with Gasteiger partial charge in [0, 0.05) is 12.5 Å². The smallest absolute Gasteiger partial charge is 0.412 e. The number of amides is 1. The Morgan fingerprint density at radius 2 is 1.79 bits per heavy atom. The van der Waals surface area contributed by atoms with Crippen molar-refractivity contribution < 1.29 is 33.0 Å².